The quantitative estimate of drug-likeness (QED) is 0.862. The standard InChI is InChI=1S/C16H21NO/c1-12-6-4-5-7-15(12)10-13(2)17-14(3)16-8-9-18-11-16/h4-9,11,13-14,17H,10H2,1-3H3. The summed E-state index contributed by atoms with van der Waals surface area (Å²) in [5.74, 6) is 0. The van der Waals surface area contributed by atoms with Gasteiger partial charge in [0.1, 0.15) is 0 Å². The van der Waals surface area contributed by atoms with E-state index in [9.17, 15) is 0 Å². The molecule has 0 spiro atoms. The van der Waals surface area contributed by atoms with Gasteiger partial charge in [-0.2, -0.15) is 0 Å². The van der Waals surface area contributed by atoms with E-state index in [0.29, 0.717) is 12.1 Å². The van der Waals surface area contributed by atoms with Gasteiger partial charge in [0, 0.05) is 17.6 Å². The predicted molar refractivity (Wildman–Crippen MR) is 74.6 cm³/mol. The average molecular weight is 243 g/mol. The van der Waals surface area contributed by atoms with Gasteiger partial charge in [-0.25, -0.2) is 0 Å². The van der Waals surface area contributed by atoms with Gasteiger partial charge in [-0.1, -0.05) is 24.3 Å². The van der Waals surface area contributed by atoms with Crippen LogP contribution in [0.5, 0.6) is 0 Å². The van der Waals surface area contributed by atoms with Crippen molar-refractivity contribution in [3.8, 4) is 0 Å². The van der Waals surface area contributed by atoms with Crippen LogP contribution in [0.15, 0.2) is 47.3 Å². The smallest absolute Gasteiger partial charge is 0.0950 e. The van der Waals surface area contributed by atoms with E-state index >= 15 is 0 Å². The van der Waals surface area contributed by atoms with E-state index in [0.717, 1.165) is 6.42 Å². The van der Waals surface area contributed by atoms with Crippen LogP contribution in [0.3, 0.4) is 0 Å². The van der Waals surface area contributed by atoms with Gasteiger partial charge in [-0.3, -0.25) is 0 Å². The van der Waals surface area contributed by atoms with Crippen molar-refractivity contribution in [3.05, 3.63) is 59.5 Å². The lowest BCUT2D eigenvalue weighted by Gasteiger charge is -2.20. The van der Waals surface area contributed by atoms with Crippen molar-refractivity contribution in [2.75, 3.05) is 0 Å². The molecule has 0 aliphatic rings. The van der Waals surface area contributed by atoms with E-state index in [1.807, 2.05) is 6.07 Å². The van der Waals surface area contributed by atoms with Gasteiger partial charge < -0.3 is 9.73 Å². The number of rotatable bonds is 5. The molecule has 1 N–H and O–H groups in total. The Morgan fingerprint density at radius 2 is 1.94 bits per heavy atom. The summed E-state index contributed by atoms with van der Waals surface area (Å²) in [7, 11) is 0. The van der Waals surface area contributed by atoms with Crippen molar-refractivity contribution in [1.82, 2.24) is 5.32 Å². The molecule has 2 unspecified atom stereocenters. The Hall–Kier alpha value is -1.54. The summed E-state index contributed by atoms with van der Waals surface area (Å²) in [6.07, 6.45) is 4.58. The third kappa shape index (κ3) is 3.23. The van der Waals surface area contributed by atoms with Crippen LogP contribution in [0.1, 0.15) is 36.6 Å². The first-order valence-corrected chi connectivity index (χ1v) is 6.49. The number of hydrogen-bond acceptors (Lipinski definition) is 2. The third-order valence-corrected chi connectivity index (χ3v) is 3.37. The lowest BCUT2D eigenvalue weighted by Crippen LogP contribution is -2.30. The summed E-state index contributed by atoms with van der Waals surface area (Å²) < 4.78 is 5.11. The van der Waals surface area contributed by atoms with Crippen LogP contribution in [0.25, 0.3) is 0 Å². The second kappa shape index (κ2) is 5.87. The normalized spacial score (nSPS) is 14.4. The summed E-state index contributed by atoms with van der Waals surface area (Å²) in [5, 5.41) is 3.60. The summed E-state index contributed by atoms with van der Waals surface area (Å²) >= 11 is 0. The number of furan rings is 1. The zero-order valence-electron chi connectivity index (χ0n) is 11.3. The number of hydrogen-bond donors (Lipinski definition) is 1. The lowest BCUT2D eigenvalue weighted by molar-refractivity contribution is 0.470. The first-order valence-electron chi connectivity index (χ1n) is 6.49. The van der Waals surface area contributed by atoms with Gasteiger partial charge in [0.05, 0.1) is 12.5 Å². The number of nitrogens with one attached hydrogen (secondary N) is 1. The maximum Gasteiger partial charge on any atom is 0.0950 e. The molecule has 1 heterocycles. The summed E-state index contributed by atoms with van der Waals surface area (Å²) in [6.45, 7) is 6.56. The molecule has 1 aromatic carbocycles. The molecule has 2 rings (SSSR count). The van der Waals surface area contributed by atoms with Crippen molar-refractivity contribution in [1.29, 1.82) is 0 Å². The monoisotopic (exact) mass is 243 g/mol. The highest BCUT2D eigenvalue weighted by Gasteiger charge is 2.11. The Balaban J connectivity index is 1.93. The predicted octanol–water partition coefficient (Wildman–Crippen LogP) is 3.87. The van der Waals surface area contributed by atoms with Crippen LogP contribution < -0.4 is 5.32 Å². The first kappa shape index (κ1) is 12.9. The Bertz CT molecular complexity index is 476. The van der Waals surface area contributed by atoms with Crippen molar-refractivity contribution in [2.24, 2.45) is 0 Å². The lowest BCUT2D eigenvalue weighted by atomic mass is 10.0. The van der Waals surface area contributed by atoms with Gasteiger partial charge in [0.25, 0.3) is 0 Å². The van der Waals surface area contributed by atoms with Gasteiger partial charge >= 0.3 is 0 Å². The Labute approximate surface area is 109 Å². The fraction of sp³-hybridized carbons (Fsp3) is 0.375. The minimum atomic E-state index is 0.322. The molecule has 0 bridgehead atoms. The Kier molecular flexibility index (Phi) is 4.21. The minimum Gasteiger partial charge on any atom is -0.472 e. The zero-order chi connectivity index (χ0) is 13.0. The third-order valence-electron chi connectivity index (χ3n) is 3.37. The van der Waals surface area contributed by atoms with E-state index < -0.39 is 0 Å². The second-order valence-corrected chi connectivity index (χ2v) is 4.98. The molecule has 0 fully saturated rings. The molecule has 0 saturated heterocycles. The van der Waals surface area contributed by atoms with Crippen LogP contribution in [0, 0.1) is 6.92 Å². The van der Waals surface area contributed by atoms with Crippen LogP contribution in [0.4, 0.5) is 0 Å². The van der Waals surface area contributed by atoms with Crippen LogP contribution >= 0.6 is 0 Å². The van der Waals surface area contributed by atoms with Crippen molar-refractivity contribution >= 4 is 0 Å². The summed E-state index contributed by atoms with van der Waals surface area (Å²) in [5.41, 5.74) is 3.98. The van der Waals surface area contributed by atoms with Crippen molar-refractivity contribution in [2.45, 2.75) is 39.3 Å². The van der Waals surface area contributed by atoms with Crippen molar-refractivity contribution < 1.29 is 4.42 Å². The molecule has 0 aliphatic carbocycles. The SMILES string of the molecule is Cc1ccccc1CC(C)NC(C)c1ccoc1. The molecule has 0 amide bonds. The van der Waals surface area contributed by atoms with Crippen LogP contribution in [-0.4, -0.2) is 6.04 Å². The number of benzene rings is 1. The highest BCUT2D eigenvalue weighted by molar-refractivity contribution is 5.26. The summed E-state index contributed by atoms with van der Waals surface area (Å²) in [4.78, 5) is 0. The fourth-order valence-corrected chi connectivity index (χ4v) is 2.27. The molecular formula is C16H21NO. The molecule has 0 saturated carbocycles. The van der Waals surface area contributed by atoms with Gasteiger partial charge in [0.15, 0.2) is 0 Å². The zero-order valence-corrected chi connectivity index (χ0v) is 11.3. The van der Waals surface area contributed by atoms with E-state index in [1.165, 1.54) is 16.7 Å². The topological polar surface area (TPSA) is 25.2 Å². The molecule has 1 aromatic heterocycles. The fourth-order valence-electron chi connectivity index (χ4n) is 2.27. The first-order chi connectivity index (χ1) is 8.66. The van der Waals surface area contributed by atoms with E-state index in [2.05, 4.69) is 50.4 Å². The molecule has 2 aromatic rings. The molecule has 0 aliphatic heterocycles. The van der Waals surface area contributed by atoms with E-state index in [4.69, 9.17) is 4.42 Å². The van der Waals surface area contributed by atoms with Gasteiger partial charge in [-0.05, 0) is 44.4 Å². The van der Waals surface area contributed by atoms with Gasteiger partial charge in [0.2, 0.25) is 0 Å². The maximum atomic E-state index is 5.11. The molecule has 2 heteroatoms. The van der Waals surface area contributed by atoms with Crippen LogP contribution in [0.2, 0.25) is 0 Å². The molecule has 0 radical (unpaired) electrons. The Morgan fingerprint density at radius 3 is 2.61 bits per heavy atom. The summed E-state index contributed by atoms with van der Waals surface area (Å²) in [6, 6.07) is 11.3. The molecular weight excluding hydrogens is 222 g/mol. The second-order valence-electron chi connectivity index (χ2n) is 4.98. The Morgan fingerprint density at radius 1 is 1.17 bits per heavy atom. The number of aryl methyl sites for hydroxylation is 1. The molecule has 2 nitrogen and oxygen atoms in total. The highest BCUT2D eigenvalue weighted by atomic mass is 16.3. The largest absolute Gasteiger partial charge is 0.472 e. The van der Waals surface area contributed by atoms with Gasteiger partial charge in [-0.15, -0.1) is 0 Å². The van der Waals surface area contributed by atoms with Crippen molar-refractivity contribution in [3.63, 3.8) is 0 Å². The maximum absolute atomic E-state index is 5.11. The minimum absolute atomic E-state index is 0.322. The van der Waals surface area contributed by atoms with Crippen LogP contribution in [-0.2, 0) is 6.42 Å². The van der Waals surface area contributed by atoms with E-state index in [-0.39, 0.29) is 0 Å². The molecule has 2 atom stereocenters. The molecule has 18 heavy (non-hydrogen) atoms. The average Bonchev–Trinajstić information content (AvgIpc) is 2.85. The molecule has 96 valence electrons. The highest BCUT2D eigenvalue weighted by Crippen LogP contribution is 2.15. The van der Waals surface area contributed by atoms with E-state index in [1.54, 1.807) is 12.5 Å².